The van der Waals surface area contributed by atoms with Crippen molar-refractivity contribution in [2.24, 2.45) is 0 Å². The van der Waals surface area contributed by atoms with Gasteiger partial charge in [-0.1, -0.05) is 43.3 Å². The summed E-state index contributed by atoms with van der Waals surface area (Å²) in [7, 11) is 1.21. The molecular weight excluding hydrogens is 393 g/mol. The van der Waals surface area contributed by atoms with Crippen molar-refractivity contribution in [2.75, 3.05) is 7.11 Å². The molecule has 0 radical (unpaired) electrons. The standard InChI is InChI=1S/C24H19F3O3/c1-3-13-4-6-14(7-5-13)19-12-15-8-9-16(21(25)20(15)24(28)30-19)17-10-11-18(29-2)23(27)22(17)26/h4-11,19H,3,12H2,1-2H3. The van der Waals surface area contributed by atoms with Crippen LogP contribution in [-0.2, 0) is 17.6 Å². The van der Waals surface area contributed by atoms with Crippen molar-refractivity contribution in [1.82, 2.24) is 0 Å². The molecule has 4 rings (SSSR count). The van der Waals surface area contributed by atoms with Gasteiger partial charge in [0.15, 0.2) is 11.6 Å². The molecule has 154 valence electrons. The zero-order valence-electron chi connectivity index (χ0n) is 16.5. The van der Waals surface area contributed by atoms with Gasteiger partial charge in [-0.15, -0.1) is 0 Å². The Bertz CT molecular complexity index is 1120. The fourth-order valence-electron chi connectivity index (χ4n) is 3.70. The molecule has 1 aliphatic heterocycles. The Morgan fingerprint density at radius 3 is 2.27 bits per heavy atom. The number of halogens is 3. The van der Waals surface area contributed by atoms with E-state index >= 15 is 4.39 Å². The second kappa shape index (κ2) is 7.86. The Morgan fingerprint density at radius 1 is 0.933 bits per heavy atom. The maximum absolute atomic E-state index is 15.2. The molecule has 0 spiro atoms. The second-order valence-electron chi connectivity index (χ2n) is 7.10. The molecule has 0 saturated carbocycles. The Kier molecular flexibility index (Phi) is 5.24. The Balaban J connectivity index is 1.72. The Labute approximate surface area is 172 Å². The van der Waals surface area contributed by atoms with Crippen LogP contribution < -0.4 is 4.74 Å². The molecular formula is C24H19F3O3. The second-order valence-corrected chi connectivity index (χ2v) is 7.10. The van der Waals surface area contributed by atoms with Crippen molar-refractivity contribution in [2.45, 2.75) is 25.9 Å². The summed E-state index contributed by atoms with van der Waals surface area (Å²) in [5.74, 6) is -4.50. The number of rotatable bonds is 4. The van der Waals surface area contributed by atoms with Gasteiger partial charge in [-0.05, 0) is 35.2 Å². The van der Waals surface area contributed by atoms with Crippen molar-refractivity contribution in [1.29, 1.82) is 0 Å². The summed E-state index contributed by atoms with van der Waals surface area (Å²) in [6.07, 6.45) is 0.657. The van der Waals surface area contributed by atoms with Crippen LogP contribution in [0.4, 0.5) is 13.2 Å². The van der Waals surface area contributed by atoms with Gasteiger partial charge in [0.2, 0.25) is 5.82 Å². The number of aryl methyl sites for hydroxylation is 1. The third-order valence-electron chi connectivity index (χ3n) is 5.40. The van der Waals surface area contributed by atoms with Crippen LogP contribution in [0.1, 0.15) is 40.1 Å². The van der Waals surface area contributed by atoms with Gasteiger partial charge in [0, 0.05) is 17.5 Å². The minimum absolute atomic E-state index is 0.212. The van der Waals surface area contributed by atoms with Crippen molar-refractivity contribution < 1.29 is 27.4 Å². The van der Waals surface area contributed by atoms with E-state index in [1.54, 1.807) is 6.07 Å². The number of ether oxygens (including phenoxy) is 2. The van der Waals surface area contributed by atoms with E-state index in [-0.39, 0.29) is 22.4 Å². The highest BCUT2D eigenvalue weighted by Gasteiger charge is 2.32. The number of fused-ring (bicyclic) bond motifs is 1. The maximum atomic E-state index is 15.2. The zero-order chi connectivity index (χ0) is 21.4. The molecule has 0 N–H and O–H groups in total. The Morgan fingerprint density at radius 2 is 1.60 bits per heavy atom. The van der Waals surface area contributed by atoms with Crippen LogP contribution in [0.5, 0.6) is 5.75 Å². The minimum atomic E-state index is -1.24. The molecule has 0 bridgehead atoms. The number of carbonyl (C=O) groups excluding carboxylic acids is 1. The first kappa shape index (κ1) is 20.0. The van der Waals surface area contributed by atoms with E-state index < -0.39 is 29.5 Å². The van der Waals surface area contributed by atoms with Crippen LogP contribution in [0, 0.1) is 17.5 Å². The number of carbonyl (C=O) groups is 1. The summed E-state index contributed by atoms with van der Waals surface area (Å²) in [6.45, 7) is 2.05. The monoisotopic (exact) mass is 412 g/mol. The van der Waals surface area contributed by atoms with E-state index in [4.69, 9.17) is 9.47 Å². The average Bonchev–Trinajstić information content (AvgIpc) is 2.76. The van der Waals surface area contributed by atoms with E-state index in [1.165, 1.54) is 25.3 Å². The molecule has 0 aromatic heterocycles. The lowest BCUT2D eigenvalue weighted by Crippen LogP contribution is -2.23. The quantitative estimate of drug-likeness (QED) is 0.509. The summed E-state index contributed by atoms with van der Waals surface area (Å²) in [5.41, 5.74) is 1.69. The van der Waals surface area contributed by atoms with Crippen LogP contribution >= 0.6 is 0 Å². The average molecular weight is 412 g/mol. The normalized spacial score (nSPS) is 15.5. The van der Waals surface area contributed by atoms with Crippen molar-refractivity contribution in [3.05, 3.63) is 88.2 Å². The van der Waals surface area contributed by atoms with Crippen LogP contribution in [0.2, 0.25) is 0 Å². The molecule has 0 amide bonds. The molecule has 1 aliphatic rings. The van der Waals surface area contributed by atoms with Gasteiger partial charge in [-0.2, -0.15) is 4.39 Å². The van der Waals surface area contributed by atoms with Gasteiger partial charge in [0.05, 0.1) is 12.7 Å². The van der Waals surface area contributed by atoms with E-state index in [9.17, 15) is 13.6 Å². The van der Waals surface area contributed by atoms with Gasteiger partial charge in [0.1, 0.15) is 11.9 Å². The van der Waals surface area contributed by atoms with Gasteiger partial charge >= 0.3 is 5.97 Å². The fraction of sp³-hybridized carbons (Fsp3) is 0.208. The molecule has 0 saturated heterocycles. The van der Waals surface area contributed by atoms with E-state index in [0.717, 1.165) is 17.5 Å². The lowest BCUT2D eigenvalue weighted by molar-refractivity contribution is 0.0246. The number of benzene rings is 3. The topological polar surface area (TPSA) is 35.5 Å². The van der Waals surface area contributed by atoms with Crippen LogP contribution in [0.25, 0.3) is 11.1 Å². The molecule has 30 heavy (non-hydrogen) atoms. The largest absolute Gasteiger partial charge is 0.494 e. The highest BCUT2D eigenvalue weighted by atomic mass is 19.2. The highest BCUT2D eigenvalue weighted by molar-refractivity contribution is 5.94. The van der Waals surface area contributed by atoms with E-state index in [1.807, 2.05) is 31.2 Å². The third-order valence-corrected chi connectivity index (χ3v) is 5.40. The third kappa shape index (κ3) is 3.32. The SMILES string of the molecule is CCc1ccc(C2Cc3ccc(-c4ccc(OC)c(F)c4F)c(F)c3C(=O)O2)cc1. The molecule has 0 fully saturated rings. The summed E-state index contributed by atoms with van der Waals surface area (Å²) in [6, 6.07) is 13.0. The van der Waals surface area contributed by atoms with Crippen LogP contribution in [0.15, 0.2) is 48.5 Å². The zero-order valence-corrected chi connectivity index (χ0v) is 16.5. The maximum Gasteiger partial charge on any atom is 0.342 e. The first-order valence-corrected chi connectivity index (χ1v) is 9.58. The fourth-order valence-corrected chi connectivity index (χ4v) is 3.70. The number of cyclic esters (lactones) is 1. The molecule has 3 aromatic carbocycles. The van der Waals surface area contributed by atoms with Gasteiger partial charge in [0.25, 0.3) is 0 Å². The molecule has 3 aromatic rings. The first-order chi connectivity index (χ1) is 14.4. The predicted molar refractivity (Wildman–Crippen MR) is 106 cm³/mol. The van der Waals surface area contributed by atoms with Crippen molar-refractivity contribution >= 4 is 5.97 Å². The Hall–Kier alpha value is -3.28. The summed E-state index contributed by atoms with van der Waals surface area (Å²) < 4.78 is 53.9. The molecule has 1 heterocycles. The van der Waals surface area contributed by atoms with Crippen molar-refractivity contribution in [3.8, 4) is 16.9 Å². The predicted octanol–water partition coefficient (Wildman–Crippen LogP) is 5.80. The van der Waals surface area contributed by atoms with Crippen molar-refractivity contribution in [3.63, 3.8) is 0 Å². The van der Waals surface area contributed by atoms with Gasteiger partial charge < -0.3 is 9.47 Å². The lowest BCUT2D eigenvalue weighted by atomic mass is 9.90. The van der Waals surface area contributed by atoms with Crippen LogP contribution in [-0.4, -0.2) is 13.1 Å². The smallest absolute Gasteiger partial charge is 0.342 e. The van der Waals surface area contributed by atoms with Crippen LogP contribution in [0.3, 0.4) is 0 Å². The molecule has 1 unspecified atom stereocenters. The van der Waals surface area contributed by atoms with E-state index in [0.29, 0.717) is 12.0 Å². The first-order valence-electron chi connectivity index (χ1n) is 9.58. The van der Waals surface area contributed by atoms with Gasteiger partial charge in [-0.3, -0.25) is 0 Å². The minimum Gasteiger partial charge on any atom is -0.494 e. The molecule has 6 heteroatoms. The number of hydrogen-bond donors (Lipinski definition) is 0. The molecule has 3 nitrogen and oxygen atoms in total. The van der Waals surface area contributed by atoms with Gasteiger partial charge in [-0.25, -0.2) is 13.6 Å². The summed E-state index contributed by atoms with van der Waals surface area (Å²) >= 11 is 0. The number of methoxy groups -OCH3 is 1. The van der Waals surface area contributed by atoms with E-state index in [2.05, 4.69) is 0 Å². The summed E-state index contributed by atoms with van der Waals surface area (Å²) in [4.78, 5) is 12.6. The molecule has 1 atom stereocenters. The number of hydrogen-bond acceptors (Lipinski definition) is 3. The molecule has 0 aliphatic carbocycles. The lowest BCUT2D eigenvalue weighted by Gasteiger charge is -2.26. The number of esters is 1. The highest BCUT2D eigenvalue weighted by Crippen LogP contribution is 2.37. The summed E-state index contributed by atoms with van der Waals surface area (Å²) in [5, 5.41) is 0.